The molecule has 9 nitrogen and oxygen atoms in total. The molecule has 3 aromatic carbocycles. The molecule has 2 heterocycles. The van der Waals surface area contributed by atoms with Crippen LogP contribution in [0.4, 0.5) is 18.9 Å². The second-order valence-corrected chi connectivity index (χ2v) is 12.0. The molecule has 44 heavy (non-hydrogen) atoms. The number of non-ortho nitro benzene ring substituents is 1. The highest BCUT2D eigenvalue weighted by Gasteiger charge is 2.64. The van der Waals surface area contributed by atoms with Crippen LogP contribution in [0.5, 0.6) is 11.5 Å². The van der Waals surface area contributed by atoms with Gasteiger partial charge in [-0.25, -0.2) is 0 Å². The molecule has 0 unspecified atom stereocenters. The lowest BCUT2D eigenvalue weighted by Gasteiger charge is -2.56. The van der Waals surface area contributed by atoms with E-state index in [0.717, 1.165) is 35.9 Å². The number of phenolic OH excluding ortho intramolecular Hbond substituents is 1. The lowest BCUT2D eigenvalue weighted by atomic mass is 9.53. The minimum absolute atomic E-state index is 0.0149. The molecule has 1 amide bonds. The summed E-state index contributed by atoms with van der Waals surface area (Å²) in [4.78, 5) is 27.0. The van der Waals surface area contributed by atoms with Gasteiger partial charge in [-0.05, 0) is 73.0 Å². The first-order valence-corrected chi connectivity index (χ1v) is 14.3. The quantitative estimate of drug-likeness (QED) is 0.218. The number of phenols is 1. The van der Waals surface area contributed by atoms with Crippen molar-refractivity contribution >= 4 is 11.6 Å². The van der Waals surface area contributed by atoms with Crippen molar-refractivity contribution < 1.29 is 37.8 Å². The number of carbonyl (C=O) groups is 1. The molecule has 1 spiro atoms. The predicted octanol–water partition coefficient (Wildman–Crippen LogP) is 4.72. The van der Waals surface area contributed by atoms with Gasteiger partial charge in [-0.3, -0.25) is 14.9 Å². The molecule has 1 saturated heterocycles. The number of nitrogens with zero attached hydrogens (tertiary/aromatic N) is 2. The first kappa shape index (κ1) is 28.4. The van der Waals surface area contributed by atoms with Crippen molar-refractivity contribution in [1.29, 1.82) is 0 Å². The fourth-order valence-electron chi connectivity index (χ4n) is 7.72. The van der Waals surface area contributed by atoms with Gasteiger partial charge in [-0.1, -0.05) is 24.3 Å². The molecule has 2 aliphatic heterocycles. The summed E-state index contributed by atoms with van der Waals surface area (Å²) in [5, 5.41) is 36.6. The third kappa shape index (κ3) is 4.11. The zero-order valence-corrected chi connectivity index (χ0v) is 23.5. The van der Waals surface area contributed by atoms with E-state index in [2.05, 4.69) is 10.2 Å². The standard InChI is InChI=1S/C32H28F3N3O6/c1-37-11-10-31-23-8-9-25(39)29(31)44-28-26(40)14-20(21(27(28)31)13-24(23)37)19-7-6-18(38(42)43)12-22(19)30(41)36-15-16-2-4-17(5-3-16)32(33,34)35/h2-9,12,14,23-25,29,39-40H,10-11,13,15H2,1H3,(H,36,41)/t23-,24+,25-,29-,31-/m0/s1. The number of aromatic hydroxyl groups is 1. The number of piperidine rings is 1. The summed E-state index contributed by atoms with van der Waals surface area (Å²) in [6.07, 6.45) is -0.926. The molecule has 228 valence electrons. The molecule has 0 aromatic heterocycles. The van der Waals surface area contributed by atoms with Crippen LogP contribution < -0.4 is 10.1 Å². The molecule has 5 atom stereocenters. The van der Waals surface area contributed by atoms with E-state index >= 15 is 0 Å². The van der Waals surface area contributed by atoms with Crippen LogP contribution in [0.2, 0.25) is 0 Å². The number of hydrogen-bond acceptors (Lipinski definition) is 7. The smallest absolute Gasteiger partial charge is 0.416 e. The van der Waals surface area contributed by atoms with Crippen molar-refractivity contribution in [2.45, 2.75) is 49.2 Å². The summed E-state index contributed by atoms with van der Waals surface area (Å²) >= 11 is 0. The molecule has 3 N–H and O–H groups in total. The Balaban J connectivity index is 1.32. The number of ether oxygens (including phenoxy) is 1. The summed E-state index contributed by atoms with van der Waals surface area (Å²) < 4.78 is 45.2. The van der Waals surface area contributed by atoms with Crippen molar-refractivity contribution in [3.05, 3.63) is 98.6 Å². The highest BCUT2D eigenvalue weighted by atomic mass is 19.4. The van der Waals surface area contributed by atoms with E-state index < -0.39 is 40.2 Å². The van der Waals surface area contributed by atoms with E-state index in [0.29, 0.717) is 35.3 Å². The van der Waals surface area contributed by atoms with Crippen molar-refractivity contribution in [3.8, 4) is 22.6 Å². The molecule has 2 bridgehead atoms. The number of nitrogens with one attached hydrogen (secondary N) is 1. The fraction of sp³-hybridized carbons (Fsp3) is 0.344. The number of benzene rings is 3. The minimum atomic E-state index is -4.49. The Bertz CT molecular complexity index is 1740. The van der Waals surface area contributed by atoms with Gasteiger partial charge in [-0.2, -0.15) is 13.2 Å². The number of carbonyl (C=O) groups excluding carboxylic acids is 1. The maximum Gasteiger partial charge on any atom is 0.416 e. The predicted molar refractivity (Wildman–Crippen MR) is 152 cm³/mol. The van der Waals surface area contributed by atoms with Crippen LogP contribution in [-0.2, 0) is 24.6 Å². The average Bonchev–Trinajstić information content (AvgIpc) is 3.35. The SMILES string of the molecule is CN1CC[C@]23c4c5c(-c6ccc([N+](=O)[O-])cc6C(=O)NCc6ccc(C(F)(F)F)cc6)cc(O)c4O[C@H]2[C@@H](O)C=C[C@H]3[C@H]1C5. The van der Waals surface area contributed by atoms with Crippen molar-refractivity contribution in [1.82, 2.24) is 10.2 Å². The summed E-state index contributed by atoms with van der Waals surface area (Å²) in [6, 6.07) is 9.86. The number of nitro benzene ring substituents is 1. The van der Waals surface area contributed by atoms with Crippen LogP contribution >= 0.6 is 0 Å². The second-order valence-electron chi connectivity index (χ2n) is 12.0. The third-order valence-electron chi connectivity index (χ3n) is 9.76. The number of amides is 1. The van der Waals surface area contributed by atoms with E-state index in [1.54, 1.807) is 6.08 Å². The van der Waals surface area contributed by atoms with Crippen molar-refractivity contribution in [2.75, 3.05) is 13.6 Å². The summed E-state index contributed by atoms with van der Waals surface area (Å²) in [7, 11) is 2.04. The zero-order chi connectivity index (χ0) is 31.1. The van der Waals surface area contributed by atoms with E-state index in [4.69, 9.17) is 4.74 Å². The Morgan fingerprint density at radius 3 is 2.61 bits per heavy atom. The van der Waals surface area contributed by atoms with Gasteiger partial charge in [0, 0.05) is 41.6 Å². The molecule has 4 aliphatic rings. The number of likely N-dealkylation sites (tertiary alicyclic amines) is 1. The van der Waals surface area contributed by atoms with Crippen LogP contribution in [0.25, 0.3) is 11.1 Å². The Morgan fingerprint density at radius 2 is 1.91 bits per heavy atom. The van der Waals surface area contributed by atoms with Crippen LogP contribution in [-0.4, -0.2) is 57.8 Å². The fourth-order valence-corrected chi connectivity index (χ4v) is 7.72. The first-order chi connectivity index (χ1) is 20.9. The highest BCUT2D eigenvalue weighted by Crippen LogP contribution is 2.63. The summed E-state index contributed by atoms with van der Waals surface area (Å²) in [6.45, 7) is 0.652. The Morgan fingerprint density at radius 1 is 1.16 bits per heavy atom. The number of nitro groups is 1. The van der Waals surface area contributed by atoms with Crippen LogP contribution in [0, 0.1) is 16.0 Å². The molecular weight excluding hydrogens is 579 g/mol. The maximum absolute atomic E-state index is 13.6. The zero-order valence-electron chi connectivity index (χ0n) is 23.5. The van der Waals surface area contributed by atoms with Crippen LogP contribution in [0.3, 0.4) is 0 Å². The van der Waals surface area contributed by atoms with Gasteiger partial charge in [0.15, 0.2) is 11.5 Å². The normalized spacial score (nSPS) is 26.6. The van der Waals surface area contributed by atoms with Gasteiger partial charge in [0.2, 0.25) is 0 Å². The molecule has 7 rings (SSSR count). The van der Waals surface area contributed by atoms with Gasteiger partial charge in [-0.15, -0.1) is 0 Å². The van der Waals surface area contributed by atoms with E-state index in [1.807, 2.05) is 13.1 Å². The number of rotatable bonds is 5. The van der Waals surface area contributed by atoms with E-state index in [9.17, 15) is 38.3 Å². The molecule has 0 radical (unpaired) electrons. The van der Waals surface area contributed by atoms with Crippen LogP contribution in [0.15, 0.2) is 60.7 Å². The van der Waals surface area contributed by atoms with E-state index in [1.165, 1.54) is 30.3 Å². The van der Waals surface area contributed by atoms with Gasteiger partial charge < -0.3 is 25.2 Å². The summed E-state index contributed by atoms with van der Waals surface area (Å²) in [5.74, 6) is -0.466. The number of hydrogen-bond donors (Lipinski definition) is 3. The number of aliphatic hydroxyl groups excluding tert-OH is 1. The number of aliphatic hydroxyl groups is 1. The van der Waals surface area contributed by atoms with Gasteiger partial charge in [0.25, 0.3) is 11.6 Å². The van der Waals surface area contributed by atoms with Gasteiger partial charge >= 0.3 is 6.18 Å². The number of alkyl halides is 3. The summed E-state index contributed by atoms with van der Waals surface area (Å²) in [5.41, 5.74) is 1.23. The Hall–Kier alpha value is -4.42. The third-order valence-corrected chi connectivity index (χ3v) is 9.76. The highest BCUT2D eigenvalue weighted by molar-refractivity contribution is 6.02. The number of likely N-dealkylation sites (N-methyl/N-ethyl adjacent to an activating group) is 1. The molecule has 1 fully saturated rings. The molecule has 0 saturated carbocycles. The molecule has 12 heteroatoms. The second kappa shape index (κ2) is 9.80. The van der Waals surface area contributed by atoms with Crippen LogP contribution in [0.1, 0.15) is 39.0 Å². The maximum atomic E-state index is 13.6. The van der Waals surface area contributed by atoms with Gasteiger partial charge in [0.1, 0.15) is 12.2 Å². The van der Waals surface area contributed by atoms with Crippen molar-refractivity contribution in [2.24, 2.45) is 5.92 Å². The largest absolute Gasteiger partial charge is 0.504 e. The lowest BCUT2D eigenvalue weighted by Crippen LogP contribution is -2.64. The average molecular weight is 608 g/mol. The first-order valence-electron chi connectivity index (χ1n) is 14.3. The number of halogens is 3. The van der Waals surface area contributed by atoms with Gasteiger partial charge in [0.05, 0.1) is 16.1 Å². The topological polar surface area (TPSA) is 125 Å². The lowest BCUT2D eigenvalue weighted by molar-refractivity contribution is -0.384. The Kier molecular flexibility index (Phi) is 6.31. The van der Waals surface area contributed by atoms with E-state index in [-0.39, 0.29) is 35.5 Å². The molecule has 2 aliphatic carbocycles. The minimum Gasteiger partial charge on any atom is -0.504 e. The monoisotopic (exact) mass is 607 g/mol. The molecule has 3 aromatic rings. The van der Waals surface area contributed by atoms with Crippen molar-refractivity contribution in [3.63, 3.8) is 0 Å². The molecular formula is C32H28F3N3O6. The Labute approximate surface area is 249 Å².